The van der Waals surface area contributed by atoms with Gasteiger partial charge in [-0.2, -0.15) is 0 Å². The Morgan fingerprint density at radius 2 is 2.30 bits per heavy atom. The van der Waals surface area contributed by atoms with E-state index in [1.54, 1.807) is 25.1 Å². The van der Waals surface area contributed by atoms with Crippen molar-refractivity contribution in [3.05, 3.63) is 29.3 Å². The SMILES string of the molecule is CC(=O)c1ccc(O)c(CN(C)CC2CCCOC2)c1. The minimum absolute atomic E-state index is 0.0228. The molecule has 1 aromatic carbocycles. The summed E-state index contributed by atoms with van der Waals surface area (Å²) in [6, 6.07) is 5.05. The van der Waals surface area contributed by atoms with E-state index in [0.717, 1.165) is 31.7 Å². The first kappa shape index (κ1) is 15.0. The van der Waals surface area contributed by atoms with Crippen molar-refractivity contribution in [1.82, 2.24) is 4.90 Å². The highest BCUT2D eigenvalue weighted by molar-refractivity contribution is 5.94. The maximum absolute atomic E-state index is 11.4. The Balaban J connectivity index is 1.97. The fourth-order valence-electron chi connectivity index (χ4n) is 2.68. The highest BCUT2D eigenvalue weighted by Gasteiger charge is 2.17. The summed E-state index contributed by atoms with van der Waals surface area (Å²) in [5, 5.41) is 9.91. The zero-order chi connectivity index (χ0) is 14.5. The molecule has 2 rings (SSSR count). The van der Waals surface area contributed by atoms with Gasteiger partial charge in [0.15, 0.2) is 5.78 Å². The molecule has 0 amide bonds. The molecule has 1 heterocycles. The van der Waals surface area contributed by atoms with E-state index in [-0.39, 0.29) is 11.5 Å². The van der Waals surface area contributed by atoms with E-state index >= 15 is 0 Å². The second-order valence-electron chi connectivity index (χ2n) is 5.68. The lowest BCUT2D eigenvalue weighted by Crippen LogP contribution is -2.30. The van der Waals surface area contributed by atoms with Crippen LogP contribution in [0, 0.1) is 5.92 Å². The maximum Gasteiger partial charge on any atom is 0.159 e. The summed E-state index contributed by atoms with van der Waals surface area (Å²) in [5.41, 5.74) is 1.45. The molecule has 0 radical (unpaired) electrons. The van der Waals surface area contributed by atoms with Crippen molar-refractivity contribution >= 4 is 5.78 Å². The van der Waals surface area contributed by atoms with Gasteiger partial charge in [-0.05, 0) is 50.9 Å². The molecule has 1 atom stereocenters. The molecule has 110 valence electrons. The molecule has 1 unspecified atom stereocenters. The van der Waals surface area contributed by atoms with Crippen LogP contribution in [0.3, 0.4) is 0 Å². The van der Waals surface area contributed by atoms with E-state index in [9.17, 15) is 9.90 Å². The molecule has 0 saturated carbocycles. The maximum atomic E-state index is 11.4. The number of rotatable bonds is 5. The van der Waals surface area contributed by atoms with Crippen LogP contribution in [0.2, 0.25) is 0 Å². The number of aromatic hydroxyl groups is 1. The lowest BCUT2D eigenvalue weighted by molar-refractivity contribution is 0.0411. The van der Waals surface area contributed by atoms with Gasteiger partial charge in [0.1, 0.15) is 5.75 Å². The number of hydrogen-bond acceptors (Lipinski definition) is 4. The second-order valence-corrected chi connectivity index (χ2v) is 5.68. The summed E-state index contributed by atoms with van der Waals surface area (Å²) in [6.45, 7) is 4.83. The Labute approximate surface area is 120 Å². The van der Waals surface area contributed by atoms with E-state index in [2.05, 4.69) is 4.90 Å². The van der Waals surface area contributed by atoms with E-state index in [4.69, 9.17) is 4.74 Å². The van der Waals surface area contributed by atoms with Crippen LogP contribution in [0.25, 0.3) is 0 Å². The molecule has 0 spiro atoms. The first-order valence-corrected chi connectivity index (χ1v) is 7.15. The summed E-state index contributed by atoms with van der Waals surface area (Å²) in [7, 11) is 2.04. The van der Waals surface area contributed by atoms with Gasteiger partial charge in [0.2, 0.25) is 0 Å². The first-order valence-electron chi connectivity index (χ1n) is 7.15. The second kappa shape index (κ2) is 6.86. The van der Waals surface area contributed by atoms with Crippen molar-refractivity contribution in [2.45, 2.75) is 26.3 Å². The molecule has 1 aliphatic rings. The van der Waals surface area contributed by atoms with Gasteiger partial charge >= 0.3 is 0 Å². The Morgan fingerprint density at radius 3 is 2.95 bits per heavy atom. The minimum Gasteiger partial charge on any atom is -0.508 e. The smallest absolute Gasteiger partial charge is 0.159 e. The number of phenolic OH excluding ortho intramolecular Hbond substituents is 1. The van der Waals surface area contributed by atoms with Crippen molar-refractivity contribution in [2.75, 3.05) is 26.8 Å². The van der Waals surface area contributed by atoms with Gasteiger partial charge in [-0.1, -0.05) is 0 Å². The van der Waals surface area contributed by atoms with E-state index in [1.807, 2.05) is 7.05 Å². The summed E-state index contributed by atoms with van der Waals surface area (Å²) < 4.78 is 5.49. The Bertz CT molecular complexity index is 467. The van der Waals surface area contributed by atoms with Crippen LogP contribution in [0.5, 0.6) is 5.75 Å². The Kier molecular flexibility index (Phi) is 5.15. The minimum atomic E-state index is 0.0228. The molecule has 1 saturated heterocycles. The molecule has 4 nitrogen and oxygen atoms in total. The lowest BCUT2D eigenvalue weighted by atomic mass is 10.0. The monoisotopic (exact) mass is 277 g/mol. The predicted molar refractivity (Wildman–Crippen MR) is 78.0 cm³/mol. The number of carbonyl (C=O) groups is 1. The number of ketones is 1. The van der Waals surface area contributed by atoms with E-state index in [1.165, 1.54) is 6.42 Å². The van der Waals surface area contributed by atoms with Gasteiger partial charge in [0, 0.05) is 30.8 Å². The zero-order valence-electron chi connectivity index (χ0n) is 12.3. The van der Waals surface area contributed by atoms with Crippen molar-refractivity contribution < 1.29 is 14.6 Å². The van der Waals surface area contributed by atoms with Crippen LogP contribution in [-0.2, 0) is 11.3 Å². The first-order chi connectivity index (χ1) is 9.56. The topological polar surface area (TPSA) is 49.8 Å². The summed E-state index contributed by atoms with van der Waals surface area (Å²) in [6.07, 6.45) is 2.33. The number of Topliss-reactive ketones (excluding diaryl/α,β-unsaturated/α-hetero) is 1. The molecule has 1 aliphatic heterocycles. The molecule has 0 bridgehead atoms. The normalized spacial score (nSPS) is 19.2. The molecule has 0 aliphatic carbocycles. The summed E-state index contributed by atoms with van der Waals surface area (Å²) >= 11 is 0. The molecule has 1 aromatic rings. The lowest BCUT2D eigenvalue weighted by Gasteiger charge is -2.27. The number of ether oxygens (including phenoxy) is 1. The number of nitrogens with zero attached hydrogens (tertiary/aromatic N) is 1. The molecule has 1 N–H and O–H groups in total. The van der Waals surface area contributed by atoms with Gasteiger partial charge in [-0.3, -0.25) is 4.79 Å². The van der Waals surface area contributed by atoms with Crippen LogP contribution in [0.15, 0.2) is 18.2 Å². The van der Waals surface area contributed by atoms with Gasteiger partial charge < -0.3 is 14.7 Å². The summed E-state index contributed by atoms with van der Waals surface area (Å²) in [5.74, 6) is 0.836. The number of carbonyl (C=O) groups excluding carboxylic acids is 1. The van der Waals surface area contributed by atoms with Crippen LogP contribution < -0.4 is 0 Å². The molecular formula is C16H23NO3. The third kappa shape index (κ3) is 4.05. The molecule has 0 aromatic heterocycles. The largest absolute Gasteiger partial charge is 0.508 e. The van der Waals surface area contributed by atoms with Crippen LogP contribution in [0.1, 0.15) is 35.7 Å². The van der Waals surface area contributed by atoms with Crippen LogP contribution in [0.4, 0.5) is 0 Å². The van der Waals surface area contributed by atoms with Crippen LogP contribution >= 0.6 is 0 Å². The van der Waals surface area contributed by atoms with Crippen molar-refractivity contribution in [3.63, 3.8) is 0 Å². The van der Waals surface area contributed by atoms with Crippen LogP contribution in [-0.4, -0.2) is 42.6 Å². The van der Waals surface area contributed by atoms with Crippen molar-refractivity contribution in [2.24, 2.45) is 5.92 Å². The van der Waals surface area contributed by atoms with E-state index in [0.29, 0.717) is 18.0 Å². The molecule has 4 heteroatoms. The molecular weight excluding hydrogens is 254 g/mol. The van der Waals surface area contributed by atoms with E-state index < -0.39 is 0 Å². The van der Waals surface area contributed by atoms with Gasteiger partial charge in [0.25, 0.3) is 0 Å². The predicted octanol–water partition coefficient (Wildman–Crippen LogP) is 2.45. The highest BCUT2D eigenvalue weighted by atomic mass is 16.5. The third-order valence-electron chi connectivity index (χ3n) is 3.75. The van der Waals surface area contributed by atoms with Crippen molar-refractivity contribution in [3.8, 4) is 5.75 Å². The highest BCUT2D eigenvalue weighted by Crippen LogP contribution is 2.22. The third-order valence-corrected chi connectivity index (χ3v) is 3.75. The number of hydrogen-bond donors (Lipinski definition) is 1. The average molecular weight is 277 g/mol. The quantitative estimate of drug-likeness (QED) is 0.840. The number of phenols is 1. The van der Waals surface area contributed by atoms with Crippen molar-refractivity contribution in [1.29, 1.82) is 0 Å². The average Bonchev–Trinajstić information content (AvgIpc) is 2.42. The summed E-state index contributed by atoms with van der Waals surface area (Å²) in [4.78, 5) is 13.6. The fourth-order valence-corrected chi connectivity index (χ4v) is 2.68. The van der Waals surface area contributed by atoms with Gasteiger partial charge in [-0.15, -0.1) is 0 Å². The Hall–Kier alpha value is -1.39. The molecule has 1 fully saturated rings. The standard InChI is InChI=1S/C16H23NO3/c1-12(18)14-5-6-16(19)15(8-14)10-17(2)9-13-4-3-7-20-11-13/h5-6,8,13,19H,3-4,7,9-11H2,1-2H3. The molecule has 20 heavy (non-hydrogen) atoms. The van der Waals surface area contributed by atoms with Gasteiger partial charge in [-0.25, -0.2) is 0 Å². The van der Waals surface area contributed by atoms with Gasteiger partial charge in [0.05, 0.1) is 6.61 Å². The zero-order valence-corrected chi connectivity index (χ0v) is 12.3. The fraction of sp³-hybridized carbons (Fsp3) is 0.562. The number of benzene rings is 1. The Morgan fingerprint density at radius 1 is 1.50 bits per heavy atom.